The summed E-state index contributed by atoms with van der Waals surface area (Å²) in [5, 5.41) is 0. The molecule has 0 aromatic rings. The van der Waals surface area contributed by atoms with Crippen molar-refractivity contribution in [2.45, 2.75) is 64.0 Å². The molecule has 0 aliphatic carbocycles. The van der Waals surface area contributed by atoms with Crippen LogP contribution in [0.5, 0.6) is 0 Å². The van der Waals surface area contributed by atoms with Crippen LogP contribution in [0.2, 0.25) is 0 Å². The molecule has 0 aromatic carbocycles. The van der Waals surface area contributed by atoms with E-state index in [-0.39, 0.29) is 11.1 Å². The monoisotopic (exact) mass is 283 g/mol. The van der Waals surface area contributed by atoms with E-state index >= 15 is 0 Å². The Balaban J connectivity index is 0. The molecule has 0 heterocycles. The minimum Gasteiger partial charge on any atom is -0.344 e. The van der Waals surface area contributed by atoms with Gasteiger partial charge in [0.15, 0.2) is 0 Å². The molecule has 2 unspecified atom stereocenters. The molecule has 0 radical (unpaired) electrons. The average molecular weight is 284 g/mol. The van der Waals surface area contributed by atoms with Crippen molar-refractivity contribution in [2.24, 2.45) is 4.99 Å². The summed E-state index contributed by atoms with van der Waals surface area (Å²) >= 11 is 11.6. The lowest BCUT2D eigenvalue weighted by Gasteiger charge is -2.14. The van der Waals surface area contributed by atoms with Crippen molar-refractivity contribution in [3.8, 4) is 0 Å². The van der Waals surface area contributed by atoms with Crippen molar-refractivity contribution in [1.82, 2.24) is 0 Å². The van der Waals surface area contributed by atoms with Gasteiger partial charge in [-0.1, -0.05) is 56.8 Å². The Labute approximate surface area is 115 Å². The summed E-state index contributed by atoms with van der Waals surface area (Å²) < 4.78 is 5.26. The Morgan fingerprint density at radius 1 is 1.06 bits per heavy atom. The number of nitrogens with zero attached hydrogens (tertiary/aromatic N) is 1. The molecule has 3 nitrogen and oxygen atoms in total. The molecule has 0 bridgehead atoms. The van der Waals surface area contributed by atoms with E-state index in [0.29, 0.717) is 6.54 Å². The second-order valence-corrected chi connectivity index (χ2v) is 4.48. The Morgan fingerprint density at radius 2 is 1.53 bits per heavy atom. The topological polar surface area (TPSA) is 38.7 Å². The summed E-state index contributed by atoms with van der Waals surface area (Å²) in [6.07, 6.45) is 6.17. The average Bonchev–Trinajstić information content (AvgIpc) is 2.27. The van der Waals surface area contributed by atoms with Crippen LogP contribution in [0.1, 0.15) is 52.9 Å². The number of hydrogen-bond acceptors (Lipinski definition) is 3. The zero-order valence-electron chi connectivity index (χ0n) is 10.9. The zero-order valence-corrected chi connectivity index (χ0v) is 12.4. The molecule has 0 N–H and O–H groups in total. The lowest BCUT2D eigenvalue weighted by atomic mass is 10.3. The molecule has 17 heavy (non-hydrogen) atoms. The third-order valence-electron chi connectivity index (χ3n) is 1.73. The second kappa shape index (κ2) is 15.9. The number of rotatable bonds is 8. The molecule has 0 saturated carbocycles. The number of isocyanates is 1. The fourth-order valence-corrected chi connectivity index (χ4v) is 1.65. The number of alkyl halides is 2. The van der Waals surface area contributed by atoms with Gasteiger partial charge >= 0.3 is 0 Å². The minimum atomic E-state index is -0.214. The largest absolute Gasteiger partial charge is 0.344 e. The van der Waals surface area contributed by atoms with E-state index in [9.17, 15) is 4.79 Å². The molecule has 0 rings (SSSR count). The van der Waals surface area contributed by atoms with Gasteiger partial charge in [0.25, 0.3) is 0 Å². The first-order chi connectivity index (χ1) is 8.12. The summed E-state index contributed by atoms with van der Waals surface area (Å²) in [7, 11) is 0. The van der Waals surface area contributed by atoms with Crippen molar-refractivity contribution in [1.29, 1.82) is 0 Å². The summed E-state index contributed by atoms with van der Waals surface area (Å²) in [6, 6.07) is 0. The third-order valence-corrected chi connectivity index (χ3v) is 2.37. The van der Waals surface area contributed by atoms with Crippen LogP contribution in [0.15, 0.2) is 4.99 Å². The molecular weight excluding hydrogens is 261 g/mol. The van der Waals surface area contributed by atoms with Crippen LogP contribution < -0.4 is 0 Å². The van der Waals surface area contributed by atoms with E-state index in [1.54, 1.807) is 0 Å². The predicted octanol–water partition coefficient (Wildman–Crippen LogP) is 4.47. The lowest BCUT2D eigenvalue weighted by molar-refractivity contribution is 0.0714. The first kappa shape index (κ1) is 19.3. The highest BCUT2D eigenvalue weighted by Crippen LogP contribution is 2.15. The second-order valence-electron chi connectivity index (χ2n) is 3.51. The van der Waals surface area contributed by atoms with Crippen molar-refractivity contribution in [2.75, 3.05) is 6.54 Å². The normalized spacial score (nSPS) is 13.0. The first-order valence-electron chi connectivity index (χ1n) is 6.09. The van der Waals surface area contributed by atoms with E-state index in [2.05, 4.69) is 18.8 Å². The molecule has 0 amide bonds. The van der Waals surface area contributed by atoms with Crippen LogP contribution in [0, 0.1) is 0 Å². The number of carbonyl (C=O) groups excluding carboxylic acids is 1. The first-order valence-corrected chi connectivity index (χ1v) is 6.96. The van der Waals surface area contributed by atoms with E-state index in [1.807, 2.05) is 6.92 Å². The van der Waals surface area contributed by atoms with Gasteiger partial charge in [0, 0.05) is 0 Å². The van der Waals surface area contributed by atoms with Crippen molar-refractivity contribution in [3.05, 3.63) is 0 Å². The van der Waals surface area contributed by atoms with Crippen molar-refractivity contribution < 1.29 is 9.53 Å². The number of halogens is 2. The van der Waals surface area contributed by atoms with Crippen molar-refractivity contribution >= 4 is 29.3 Å². The molecule has 0 aromatic heterocycles. The molecule has 2 atom stereocenters. The van der Waals surface area contributed by atoms with Crippen molar-refractivity contribution in [3.63, 3.8) is 0 Å². The highest BCUT2D eigenvalue weighted by atomic mass is 35.5. The van der Waals surface area contributed by atoms with Crippen LogP contribution in [0.4, 0.5) is 0 Å². The SMILES string of the molecule is CCCC(Cl)OC(Cl)CCC.CCCN=C=O. The van der Waals surface area contributed by atoms with Crippen LogP contribution in [-0.2, 0) is 9.53 Å². The van der Waals surface area contributed by atoms with Crippen LogP contribution in [-0.4, -0.2) is 23.8 Å². The molecule has 5 heteroatoms. The van der Waals surface area contributed by atoms with E-state index in [0.717, 1.165) is 32.1 Å². The van der Waals surface area contributed by atoms with E-state index in [1.165, 1.54) is 6.08 Å². The maximum atomic E-state index is 9.27. The summed E-state index contributed by atoms with van der Waals surface area (Å²) in [5.41, 5.74) is -0.428. The van der Waals surface area contributed by atoms with E-state index < -0.39 is 0 Å². The summed E-state index contributed by atoms with van der Waals surface area (Å²) in [6.45, 7) is 6.72. The predicted molar refractivity (Wildman–Crippen MR) is 73.5 cm³/mol. The fraction of sp³-hybridized carbons (Fsp3) is 0.917. The fourth-order valence-electron chi connectivity index (χ4n) is 0.908. The van der Waals surface area contributed by atoms with Gasteiger partial charge in [-0.3, -0.25) is 0 Å². The molecule has 0 aliphatic rings. The number of aliphatic imine (C=N–C) groups is 1. The Kier molecular flexibility index (Phi) is 18.0. The number of ether oxygens (including phenoxy) is 1. The third kappa shape index (κ3) is 18.5. The number of hydrogen-bond donors (Lipinski definition) is 0. The van der Waals surface area contributed by atoms with Crippen LogP contribution in [0.3, 0.4) is 0 Å². The van der Waals surface area contributed by atoms with E-state index in [4.69, 9.17) is 27.9 Å². The van der Waals surface area contributed by atoms with Gasteiger partial charge < -0.3 is 4.74 Å². The molecular formula is C12H23Cl2NO2. The standard InChI is InChI=1S/C8H16Cl2O.C4H7NO/c1-3-5-7(9)11-8(10)6-4-2;1-2-3-5-4-6/h7-8H,3-6H2,1-2H3;2-3H2,1H3. The summed E-state index contributed by atoms with van der Waals surface area (Å²) in [5.74, 6) is 0. The summed E-state index contributed by atoms with van der Waals surface area (Å²) in [4.78, 5) is 12.6. The molecule has 102 valence electrons. The van der Waals surface area contributed by atoms with Gasteiger partial charge in [-0.05, 0) is 19.3 Å². The highest BCUT2D eigenvalue weighted by Gasteiger charge is 2.09. The zero-order chi connectivity index (χ0) is 13.5. The van der Waals surface area contributed by atoms with Gasteiger partial charge in [0.05, 0.1) is 6.54 Å². The smallest absolute Gasteiger partial charge is 0.234 e. The Bertz CT molecular complexity index is 187. The van der Waals surface area contributed by atoms with Crippen LogP contribution in [0.25, 0.3) is 0 Å². The van der Waals surface area contributed by atoms with Gasteiger partial charge in [0.1, 0.15) is 11.1 Å². The maximum absolute atomic E-state index is 9.27. The quantitative estimate of drug-likeness (QED) is 0.375. The molecule has 0 spiro atoms. The lowest BCUT2D eigenvalue weighted by Crippen LogP contribution is -2.12. The molecule has 0 saturated heterocycles. The highest BCUT2D eigenvalue weighted by molar-refractivity contribution is 6.21. The maximum Gasteiger partial charge on any atom is 0.234 e. The van der Waals surface area contributed by atoms with Crippen LogP contribution >= 0.6 is 23.2 Å². The van der Waals surface area contributed by atoms with Gasteiger partial charge in [-0.2, -0.15) is 0 Å². The molecule has 0 fully saturated rings. The molecule has 0 aliphatic heterocycles. The minimum absolute atomic E-state index is 0.214. The Morgan fingerprint density at radius 3 is 1.76 bits per heavy atom. The van der Waals surface area contributed by atoms with Gasteiger partial charge in [0.2, 0.25) is 6.08 Å². The van der Waals surface area contributed by atoms with Gasteiger partial charge in [-0.25, -0.2) is 9.79 Å². The van der Waals surface area contributed by atoms with Gasteiger partial charge in [-0.15, -0.1) is 0 Å². The Hall–Kier alpha value is -0.0800.